The van der Waals surface area contributed by atoms with Crippen molar-refractivity contribution in [2.75, 3.05) is 26.2 Å². The molecule has 3 aliphatic rings. The largest absolute Gasteiger partial charge is 0.522 e. The van der Waals surface area contributed by atoms with Gasteiger partial charge in [0.05, 0.1) is 21.5 Å². The molecule has 2 saturated heterocycles. The fraction of sp³-hybridized carbons (Fsp3) is 0.333. The molecule has 266 valence electrons. The van der Waals surface area contributed by atoms with Gasteiger partial charge in [-0.1, -0.05) is 53.2 Å². The molecule has 0 aliphatic carbocycles. The van der Waals surface area contributed by atoms with Crippen LogP contribution < -0.4 is 4.48 Å². The predicted molar refractivity (Wildman–Crippen MR) is 195 cm³/mol. The first-order chi connectivity index (χ1) is 24.5. The molecule has 0 N–H and O–H groups in total. The number of nitrogens with zero attached hydrogens (tertiary/aromatic N) is 4. The van der Waals surface area contributed by atoms with Gasteiger partial charge in [-0.2, -0.15) is 17.9 Å². The molecular weight excluding hydrogens is 732 g/mol. The van der Waals surface area contributed by atoms with Gasteiger partial charge < -0.3 is 9.26 Å². The summed E-state index contributed by atoms with van der Waals surface area (Å²) >= 11 is 7.55. The Kier molecular flexibility index (Phi) is 8.85. The van der Waals surface area contributed by atoms with E-state index in [4.69, 9.17) is 20.9 Å². The number of sulfonamides is 2. The van der Waals surface area contributed by atoms with E-state index in [1.165, 1.54) is 14.8 Å². The normalized spacial score (nSPS) is 21.5. The maximum Gasteiger partial charge on any atom is 0.522 e. The number of benzene rings is 3. The third kappa shape index (κ3) is 5.63. The zero-order valence-corrected chi connectivity index (χ0v) is 31.0. The van der Waals surface area contributed by atoms with Gasteiger partial charge in [-0.25, -0.2) is 16.8 Å². The monoisotopic (exact) mass is 767 g/mol. The maximum atomic E-state index is 14.4. The molecule has 5 heterocycles. The van der Waals surface area contributed by atoms with Crippen molar-refractivity contribution in [1.29, 1.82) is 0 Å². The Bertz CT molecular complexity index is 2350. The van der Waals surface area contributed by atoms with E-state index >= 15 is 0 Å². The Morgan fingerprint density at radius 1 is 0.804 bits per heavy atom. The highest BCUT2D eigenvalue weighted by atomic mass is 35.5. The standard InChI is InChI=1S/C36H36ClN4O7S3/c1-24-5-4-6-25-23-47-36(42)41(35(24)25,27-16-21-40(22-17-27)51(45,46)34-12-10-32(49-34)31-13-18-38-48-31)26-14-19-39(20-15-26)50(43,44)33-11-9-30(37)28-7-2-3-8-29(28)33/h2-13,18,26-27H,14-17,19-23H2,1H3/q+1. The lowest BCUT2D eigenvalue weighted by atomic mass is 9.89. The number of para-hydroxylation sites is 1. The molecule has 1 amide bonds. The summed E-state index contributed by atoms with van der Waals surface area (Å²) in [4.78, 5) is 15.3. The van der Waals surface area contributed by atoms with Crippen molar-refractivity contribution in [2.45, 2.75) is 60.4 Å². The summed E-state index contributed by atoms with van der Waals surface area (Å²) in [6, 6.07) is 20.8. The Balaban J connectivity index is 1.09. The number of hydrogen-bond donors (Lipinski definition) is 0. The van der Waals surface area contributed by atoms with Crippen molar-refractivity contribution in [3.63, 3.8) is 0 Å². The van der Waals surface area contributed by atoms with Gasteiger partial charge in [-0.15, -0.1) is 11.3 Å². The molecule has 3 aliphatic heterocycles. The number of thiophene rings is 1. The molecule has 15 heteroatoms. The van der Waals surface area contributed by atoms with Crippen LogP contribution >= 0.6 is 22.9 Å². The number of rotatable bonds is 7. The van der Waals surface area contributed by atoms with Crippen LogP contribution in [0.2, 0.25) is 5.02 Å². The van der Waals surface area contributed by atoms with Crippen LogP contribution in [0.1, 0.15) is 36.8 Å². The maximum absolute atomic E-state index is 14.4. The quantitative estimate of drug-likeness (QED) is 0.160. The lowest BCUT2D eigenvalue weighted by molar-refractivity contribution is 0.0267. The van der Waals surface area contributed by atoms with Crippen molar-refractivity contribution in [1.82, 2.24) is 18.3 Å². The predicted octanol–water partition coefficient (Wildman–Crippen LogP) is 7.18. The highest BCUT2D eigenvalue weighted by Gasteiger charge is 2.59. The highest BCUT2D eigenvalue weighted by Crippen LogP contribution is 2.47. The van der Waals surface area contributed by atoms with Gasteiger partial charge in [0.1, 0.15) is 22.9 Å². The average Bonchev–Trinajstić information content (AvgIpc) is 3.86. The summed E-state index contributed by atoms with van der Waals surface area (Å²) in [5.41, 5.74) is 2.78. The molecule has 3 aromatic carbocycles. The molecule has 0 bridgehead atoms. The van der Waals surface area contributed by atoms with Crippen molar-refractivity contribution in [3.8, 4) is 10.6 Å². The highest BCUT2D eigenvalue weighted by molar-refractivity contribution is 7.91. The van der Waals surface area contributed by atoms with Crippen LogP contribution in [0, 0.1) is 6.92 Å². The third-order valence-electron chi connectivity index (χ3n) is 10.6. The number of carbonyl (C=O) groups is 1. The summed E-state index contributed by atoms with van der Waals surface area (Å²) in [5.74, 6) is 0.504. The zero-order chi connectivity index (χ0) is 35.5. The first kappa shape index (κ1) is 34.5. The first-order valence-electron chi connectivity index (χ1n) is 16.9. The topological polar surface area (TPSA) is 127 Å². The zero-order valence-electron chi connectivity index (χ0n) is 27.8. The van der Waals surface area contributed by atoms with Gasteiger partial charge in [0.15, 0.2) is 11.4 Å². The van der Waals surface area contributed by atoms with Gasteiger partial charge in [0.25, 0.3) is 10.0 Å². The Labute approximate surface area is 305 Å². The molecule has 5 aromatic rings. The van der Waals surface area contributed by atoms with Crippen LogP contribution in [-0.4, -0.2) is 75.0 Å². The molecule has 11 nitrogen and oxygen atoms in total. The molecule has 0 spiro atoms. The van der Waals surface area contributed by atoms with E-state index in [1.54, 1.807) is 42.5 Å². The molecule has 1 atom stereocenters. The fourth-order valence-corrected chi connectivity index (χ4v) is 13.1. The molecule has 2 fully saturated rings. The number of carbonyl (C=O) groups excluding carboxylic acids is 1. The molecule has 0 radical (unpaired) electrons. The number of quaternary nitrogens is 1. The summed E-state index contributed by atoms with van der Waals surface area (Å²) in [7, 11) is -7.68. The van der Waals surface area contributed by atoms with Crippen molar-refractivity contribution < 1.29 is 30.9 Å². The average molecular weight is 768 g/mol. The number of hydrogen-bond acceptors (Lipinski definition) is 9. The number of aryl methyl sites for hydroxylation is 1. The van der Waals surface area contributed by atoms with Crippen LogP contribution in [0.5, 0.6) is 0 Å². The van der Waals surface area contributed by atoms with E-state index in [2.05, 4.69) is 5.16 Å². The van der Waals surface area contributed by atoms with E-state index in [0.29, 0.717) is 52.1 Å². The number of halogens is 1. The summed E-state index contributed by atoms with van der Waals surface area (Å²) in [6.45, 7) is 3.06. The van der Waals surface area contributed by atoms with Crippen molar-refractivity contribution >= 4 is 65.5 Å². The number of amides is 1. The Morgan fingerprint density at radius 3 is 2.14 bits per heavy atom. The van der Waals surface area contributed by atoms with Crippen molar-refractivity contribution in [2.24, 2.45) is 0 Å². The molecule has 2 aromatic heterocycles. The first-order valence-corrected chi connectivity index (χ1v) is 20.9. The van der Waals surface area contributed by atoms with Crippen molar-refractivity contribution in [3.05, 3.63) is 95.1 Å². The van der Waals surface area contributed by atoms with Gasteiger partial charge in [0.2, 0.25) is 10.0 Å². The summed E-state index contributed by atoms with van der Waals surface area (Å²) < 4.78 is 70.2. The number of piperidine rings is 2. The number of cyclic esters (lactones) is 1. The molecule has 0 saturated carbocycles. The molecule has 8 rings (SSSR count). The molecular formula is C36H36ClN4O7S3+. The number of aromatic nitrogens is 1. The van der Waals surface area contributed by atoms with Crippen LogP contribution in [0.3, 0.4) is 0 Å². The van der Waals surface area contributed by atoms with Gasteiger partial charge in [-0.05, 0) is 37.3 Å². The minimum Gasteiger partial charge on any atom is -0.415 e. The third-order valence-corrected chi connectivity index (χ3v) is 16.4. The molecule has 1 unspecified atom stereocenters. The minimum absolute atomic E-state index is 0.0672. The van der Waals surface area contributed by atoms with E-state index in [9.17, 15) is 21.6 Å². The van der Waals surface area contributed by atoms with E-state index in [0.717, 1.165) is 28.2 Å². The second-order valence-electron chi connectivity index (χ2n) is 13.3. The van der Waals surface area contributed by atoms with E-state index < -0.39 is 20.0 Å². The SMILES string of the molecule is Cc1cccc2c1[N+](C1CCN(S(=O)(=O)c3ccc(-c4ccno4)s3)CC1)(C1CCN(S(=O)(=O)c3ccc(Cl)c4ccccc34)CC1)C(=O)OC2. The lowest BCUT2D eigenvalue weighted by Crippen LogP contribution is -2.71. The van der Waals surface area contributed by atoms with Crippen LogP contribution in [-0.2, 0) is 31.4 Å². The lowest BCUT2D eigenvalue weighted by Gasteiger charge is -2.52. The van der Waals surface area contributed by atoms with Crippen LogP contribution in [0.4, 0.5) is 10.5 Å². The second kappa shape index (κ2) is 13.1. The second-order valence-corrected chi connectivity index (χ2v) is 18.8. The Morgan fingerprint density at radius 2 is 1.47 bits per heavy atom. The van der Waals surface area contributed by atoms with E-state index in [-0.39, 0.29) is 64.6 Å². The van der Waals surface area contributed by atoms with Crippen LogP contribution in [0.15, 0.2) is 92.6 Å². The van der Waals surface area contributed by atoms with Gasteiger partial charge in [-0.3, -0.25) is 0 Å². The van der Waals surface area contributed by atoms with Crippen LogP contribution in [0.25, 0.3) is 21.4 Å². The van der Waals surface area contributed by atoms with Gasteiger partial charge >= 0.3 is 6.09 Å². The minimum atomic E-state index is -3.88. The summed E-state index contributed by atoms with van der Waals surface area (Å²) in [6.07, 6.45) is 2.85. The number of fused-ring (bicyclic) bond motifs is 2. The fourth-order valence-electron chi connectivity index (χ4n) is 8.30. The Hall–Kier alpha value is -3.63. The number of ether oxygens (including phenoxy) is 1. The van der Waals surface area contributed by atoms with E-state index in [1.807, 2.05) is 37.3 Å². The van der Waals surface area contributed by atoms with Gasteiger partial charge in [0, 0.05) is 79.3 Å². The summed E-state index contributed by atoms with van der Waals surface area (Å²) in [5, 5.41) is 5.45. The molecule has 51 heavy (non-hydrogen) atoms. The smallest absolute Gasteiger partial charge is 0.415 e.